The molecule has 216 valence electrons. The molecule has 0 saturated heterocycles. The van der Waals surface area contributed by atoms with Gasteiger partial charge in [0.15, 0.2) is 0 Å². The average molecular weight is 545 g/mol. The first kappa shape index (κ1) is 29.8. The van der Waals surface area contributed by atoms with Gasteiger partial charge >= 0.3 is 6.03 Å². The van der Waals surface area contributed by atoms with Crippen LogP contribution < -0.4 is 10.9 Å². The Balaban J connectivity index is 1.63. The monoisotopic (exact) mass is 544 g/mol. The van der Waals surface area contributed by atoms with E-state index in [-0.39, 0.29) is 17.6 Å². The van der Waals surface area contributed by atoms with Crippen molar-refractivity contribution in [2.24, 2.45) is 17.8 Å². The van der Waals surface area contributed by atoms with Crippen molar-refractivity contribution in [1.29, 1.82) is 0 Å². The van der Waals surface area contributed by atoms with E-state index in [9.17, 15) is 9.59 Å². The van der Waals surface area contributed by atoms with Crippen LogP contribution >= 0.6 is 0 Å². The SMILES string of the molecule is CCc1ccccc1-n1c(C(C)N(CCC(C)C)C(=O)NCCCC2CCCC(C)C2)nc2ccccc2c1=O. The number of fused-ring (bicyclic) bond motifs is 1. The van der Waals surface area contributed by atoms with Crippen molar-refractivity contribution in [3.63, 3.8) is 0 Å². The molecule has 40 heavy (non-hydrogen) atoms. The van der Waals surface area contributed by atoms with Crippen LogP contribution in [-0.4, -0.2) is 33.6 Å². The molecule has 3 aromatic rings. The fourth-order valence-electron chi connectivity index (χ4n) is 6.21. The third-order valence-electron chi connectivity index (χ3n) is 8.57. The van der Waals surface area contributed by atoms with Gasteiger partial charge in [0.1, 0.15) is 5.82 Å². The molecule has 3 atom stereocenters. The molecule has 1 aliphatic carbocycles. The van der Waals surface area contributed by atoms with Gasteiger partial charge in [-0.3, -0.25) is 9.36 Å². The number of para-hydroxylation sites is 2. The maximum atomic E-state index is 14.0. The van der Waals surface area contributed by atoms with E-state index in [0.717, 1.165) is 42.3 Å². The number of benzene rings is 2. The predicted molar refractivity (Wildman–Crippen MR) is 165 cm³/mol. The number of rotatable bonds is 11. The zero-order valence-corrected chi connectivity index (χ0v) is 25.2. The first-order valence-corrected chi connectivity index (χ1v) is 15.4. The lowest BCUT2D eigenvalue weighted by atomic mass is 9.80. The summed E-state index contributed by atoms with van der Waals surface area (Å²) in [6.45, 7) is 12.1. The van der Waals surface area contributed by atoms with Gasteiger partial charge < -0.3 is 10.2 Å². The number of amides is 2. The third-order valence-corrected chi connectivity index (χ3v) is 8.57. The van der Waals surface area contributed by atoms with Gasteiger partial charge in [-0.15, -0.1) is 0 Å². The second-order valence-electron chi connectivity index (χ2n) is 12.2. The second kappa shape index (κ2) is 14.0. The van der Waals surface area contributed by atoms with Crippen LogP contribution in [0.25, 0.3) is 16.6 Å². The first-order valence-electron chi connectivity index (χ1n) is 15.4. The summed E-state index contributed by atoms with van der Waals surface area (Å²) in [7, 11) is 0. The number of carbonyl (C=O) groups excluding carboxylic acids is 1. The molecule has 6 heteroatoms. The van der Waals surface area contributed by atoms with E-state index in [1.54, 1.807) is 4.57 Å². The topological polar surface area (TPSA) is 67.2 Å². The Morgan fingerprint density at radius 1 is 1.10 bits per heavy atom. The van der Waals surface area contributed by atoms with E-state index in [1.165, 1.54) is 32.1 Å². The molecule has 2 aromatic carbocycles. The normalized spacial score (nSPS) is 18.1. The van der Waals surface area contributed by atoms with Gasteiger partial charge in [0.2, 0.25) is 0 Å². The summed E-state index contributed by atoms with van der Waals surface area (Å²) in [6, 6.07) is 15.0. The van der Waals surface area contributed by atoms with Gasteiger partial charge in [-0.2, -0.15) is 0 Å². The molecule has 0 radical (unpaired) electrons. The van der Waals surface area contributed by atoms with Gasteiger partial charge in [-0.25, -0.2) is 9.78 Å². The van der Waals surface area contributed by atoms with Crippen LogP contribution in [0.3, 0.4) is 0 Å². The highest BCUT2D eigenvalue weighted by Gasteiger charge is 2.27. The lowest BCUT2D eigenvalue weighted by Crippen LogP contribution is -2.44. The summed E-state index contributed by atoms with van der Waals surface area (Å²) in [6.07, 6.45) is 9.16. The van der Waals surface area contributed by atoms with Gasteiger partial charge in [-0.1, -0.05) is 77.3 Å². The summed E-state index contributed by atoms with van der Waals surface area (Å²) in [5.41, 5.74) is 2.47. The third kappa shape index (κ3) is 7.13. The number of urea groups is 1. The summed E-state index contributed by atoms with van der Waals surface area (Å²) >= 11 is 0. The molecule has 4 rings (SSSR count). The number of nitrogens with zero attached hydrogens (tertiary/aromatic N) is 3. The minimum atomic E-state index is -0.389. The Labute approximate surface area is 240 Å². The summed E-state index contributed by atoms with van der Waals surface area (Å²) < 4.78 is 1.74. The molecular formula is C34H48N4O2. The molecule has 1 saturated carbocycles. The lowest BCUT2D eigenvalue weighted by Gasteiger charge is -2.32. The van der Waals surface area contributed by atoms with Crippen LogP contribution in [0.2, 0.25) is 0 Å². The number of carbonyl (C=O) groups is 1. The smallest absolute Gasteiger partial charge is 0.318 e. The molecule has 1 fully saturated rings. The fraction of sp³-hybridized carbons (Fsp3) is 0.559. The molecule has 1 N–H and O–H groups in total. The molecule has 1 aliphatic rings. The largest absolute Gasteiger partial charge is 0.338 e. The van der Waals surface area contributed by atoms with Crippen molar-refractivity contribution in [3.8, 4) is 5.69 Å². The van der Waals surface area contributed by atoms with Crippen molar-refractivity contribution in [1.82, 2.24) is 19.8 Å². The van der Waals surface area contributed by atoms with Gasteiger partial charge in [0.05, 0.1) is 22.6 Å². The van der Waals surface area contributed by atoms with Crippen LogP contribution in [0.5, 0.6) is 0 Å². The number of nitrogens with one attached hydrogen (secondary N) is 1. The zero-order valence-electron chi connectivity index (χ0n) is 25.2. The highest BCUT2D eigenvalue weighted by atomic mass is 16.2. The van der Waals surface area contributed by atoms with Crippen molar-refractivity contribution < 1.29 is 4.79 Å². The Bertz CT molecular complexity index is 1330. The van der Waals surface area contributed by atoms with E-state index >= 15 is 0 Å². The van der Waals surface area contributed by atoms with E-state index < -0.39 is 0 Å². The Kier molecular flexibility index (Phi) is 10.4. The Hall–Kier alpha value is -3.15. The highest BCUT2D eigenvalue weighted by Crippen LogP contribution is 2.31. The summed E-state index contributed by atoms with van der Waals surface area (Å²) in [5, 5.41) is 3.80. The number of hydrogen-bond acceptors (Lipinski definition) is 3. The summed E-state index contributed by atoms with van der Waals surface area (Å²) in [5.74, 6) is 2.65. The van der Waals surface area contributed by atoms with Gasteiger partial charge in [-0.05, 0) is 80.5 Å². The molecule has 0 bridgehead atoms. The van der Waals surface area contributed by atoms with Crippen molar-refractivity contribution in [2.75, 3.05) is 13.1 Å². The molecule has 1 aromatic heterocycles. The Morgan fingerprint density at radius 2 is 1.85 bits per heavy atom. The van der Waals surface area contributed by atoms with E-state index in [0.29, 0.717) is 35.7 Å². The Morgan fingerprint density at radius 3 is 2.60 bits per heavy atom. The van der Waals surface area contributed by atoms with E-state index in [4.69, 9.17) is 4.98 Å². The van der Waals surface area contributed by atoms with E-state index in [2.05, 4.69) is 39.1 Å². The zero-order chi connectivity index (χ0) is 28.6. The average Bonchev–Trinajstić information content (AvgIpc) is 2.95. The number of aromatic nitrogens is 2. The van der Waals surface area contributed by atoms with Gasteiger partial charge in [0, 0.05) is 13.1 Å². The number of aryl methyl sites for hydroxylation is 1. The molecule has 3 unspecified atom stereocenters. The lowest BCUT2D eigenvalue weighted by molar-refractivity contribution is 0.171. The molecule has 1 heterocycles. The van der Waals surface area contributed by atoms with Crippen LogP contribution in [0.15, 0.2) is 53.3 Å². The quantitative estimate of drug-likeness (QED) is 0.252. The number of hydrogen-bond donors (Lipinski definition) is 1. The van der Waals surface area contributed by atoms with Crippen molar-refractivity contribution >= 4 is 16.9 Å². The minimum absolute atomic E-state index is 0.0807. The maximum absolute atomic E-state index is 14.0. The van der Waals surface area contributed by atoms with E-state index in [1.807, 2.05) is 54.3 Å². The molecule has 6 nitrogen and oxygen atoms in total. The fourth-order valence-corrected chi connectivity index (χ4v) is 6.21. The minimum Gasteiger partial charge on any atom is -0.338 e. The summed E-state index contributed by atoms with van der Waals surface area (Å²) in [4.78, 5) is 34.6. The molecule has 0 aliphatic heterocycles. The standard InChI is InChI=1S/C34H48N4O2/c1-6-28-16-7-10-19-31(28)38-32(36-30-18-9-8-17-29(30)33(38)39)26(5)37(22-20-24(2)3)34(40)35-21-12-15-27-14-11-13-25(4)23-27/h7-10,16-19,24-27H,6,11-15,20-23H2,1-5H3,(H,35,40). The van der Waals surface area contributed by atoms with Crippen LogP contribution in [-0.2, 0) is 6.42 Å². The second-order valence-corrected chi connectivity index (χ2v) is 12.2. The predicted octanol–water partition coefficient (Wildman–Crippen LogP) is 7.67. The van der Waals surface area contributed by atoms with Gasteiger partial charge in [0.25, 0.3) is 5.56 Å². The molecular weight excluding hydrogens is 496 g/mol. The van der Waals surface area contributed by atoms with Crippen molar-refractivity contribution in [2.45, 2.75) is 92.0 Å². The first-order chi connectivity index (χ1) is 19.3. The maximum Gasteiger partial charge on any atom is 0.318 e. The molecule has 2 amide bonds. The molecule has 0 spiro atoms. The van der Waals surface area contributed by atoms with Crippen LogP contribution in [0.4, 0.5) is 4.79 Å². The van der Waals surface area contributed by atoms with Crippen molar-refractivity contribution in [3.05, 3.63) is 70.3 Å². The van der Waals surface area contributed by atoms with Crippen LogP contribution in [0, 0.1) is 17.8 Å². The highest BCUT2D eigenvalue weighted by molar-refractivity contribution is 5.78. The van der Waals surface area contributed by atoms with Crippen LogP contribution in [0.1, 0.15) is 97.0 Å².